The van der Waals surface area contributed by atoms with E-state index >= 15 is 0 Å². The standard InChI is InChI=1S/C17H15F3N2O3S2/c1-11(12-5-3-2-4-6-12)10-21-27(23,24)16-8-7-14(26-16)13-9-15(25-22-13)17(18,19)20/h2-9,11,21H,10H2,1H3. The van der Waals surface area contributed by atoms with Crippen molar-refractivity contribution in [3.05, 3.63) is 59.9 Å². The molecule has 3 rings (SSSR count). The van der Waals surface area contributed by atoms with Crippen LogP contribution < -0.4 is 4.72 Å². The van der Waals surface area contributed by atoms with E-state index in [0.29, 0.717) is 0 Å². The molecule has 0 fully saturated rings. The Kier molecular flexibility index (Phi) is 5.41. The van der Waals surface area contributed by atoms with E-state index in [0.717, 1.165) is 23.0 Å². The number of hydrogen-bond donors (Lipinski definition) is 1. The minimum Gasteiger partial charge on any atom is -0.351 e. The predicted octanol–water partition coefficient (Wildman–Crippen LogP) is 4.50. The van der Waals surface area contributed by atoms with E-state index in [9.17, 15) is 21.6 Å². The molecule has 10 heteroatoms. The molecule has 0 saturated heterocycles. The Morgan fingerprint density at radius 3 is 2.52 bits per heavy atom. The summed E-state index contributed by atoms with van der Waals surface area (Å²) in [6.45, 7) is 2.09. The third kappa shape index (κ3) is 4.57. The highest BCUT2D eigenvalue weighted by Gasteiger charge is 2.36. The Hall–Kier alpha value is -2.17. The lowest BCUT2D eigenvalue weighted by atomic mass is 10.0. The zero-order valence-electron chi connectivity index (χ0n) is 14.0. The van der Waals surface area contributed by atoms with Gasteiger partial charge in [-0.1, -0.05) is 42.4 Å². The van der Waals surface area contributed by atoms with E-state index in [1.807, 2.05) is 37.3 Å². The van der Waals surface area contributed by atoms with Crippen molar-refractivity contribution in [2.45, 2.75) is 23.2 Å². The van der Waals surface area contributed by atoms with Crippen LogP contribution in [0.5, 0.6) is 0 Å². The lowest BCUT2D eigenvalue weighted by Crippen LogP contribution is -2.27. The van der Waals surface area contributed by atoms with Gasteiger partial charge in [-0.3, -0.25) is 0 Å². The van der Waals surface area contributed by atoms with Crippen LogP contribution in [-0.4, -0.2) is 20.1 Å². The third-order valence-corrected chi connectivity index (χ3v) is 6.86. The Labute approximate surface area is 157 Å². The average Bonchev–Trinajstić information content (AvgIpc) is 3.29. The van der Waals surface area contributed by atoms with Crippen molar-refractivity contribution in [2.24, 2.45) is 0 Å². The molecule has 5 nitrogen and oxygen atoms in total. The minimum absolute atomic E-state index is 0.00526. The smallest absolute Gasteiger partial charge is 0.351 e. The molecule has 0 radical (unpaired) electrons. The predicted molar refractivity (Wildman–Crippen MR) is 94.9 cm³/mol. The zero-order chi connectivity index (χ0) is 19.7. The number of hydrogen-bond acceptors (Lipinski definition) is 5. The summed E-state index contributed by atoms with van der Waals surface area (Å²) < 4.78 is 69.5. The Morgan fingerprint density at radius 2 is 1.89 bits per heavy atom. The fourth-order valence-corrected chi connectivity index (χ4v) is 4.77. The molecular weight excluding hydrogens is 401 g/mol. The number of alkyl halides is 3. The maximum absolute atomic E-state index is 12.6. The Balaban J connectivity index is 1.72. The molecule has 3 aromatic rings. The van der Waals surface area contributed by atoms with Gasteiger partial charge in [0.1, 0.15) is 9.90 Å². The molecule has 1 unspecified atom stereocenters. The zero-order valence-corrected chi connectivity index (χ0v) is 15.7. The van der Waals surface area contributed by atoms with Crippen molar-refractivity contribution in [1.29, 1.82) is 0 Å². The van der Waals surface area contributed by atoms with Gasteiger partial charge >= 0.3 is 6.18 Å². The van der Waals surface area contributed by atoms with Gasteiger partial charge in [-0.05, 0) is 23.6 Å². The molecule has 1 atom stereocenters. The monoisotopic (exact) mass is 416 g/mol. The molecule has 0 aliphatic carbocycles. The van der Waals surface area contributed by atoms with E-state index in [1.54, 1.807) is 0 Å². The molecule has 1 aromatic carbocycles. The molecule has 0 amide bonds. The molecule has 2 heterocycles. The van der Waals surface area contributed by atoms with Gasteiger partial charge in [-0.15, -0.1) is 11.3 Å². The summed E-state index contributed by atoms with van der Waals surface area (Å²) in [5.41, 5.74) is 0.931. The molecular formula is C17H15F3N2O3S2. The van der Waals surface area contributed by atoms with Crippen molar-refractivity contribution in [2.75, 3.05) is 6.54 Å². The largest absolute Gasteiger partial charge is 0.452 e. The van der Waals surface area contributed by atoms with Crippen LogP contribution in [0.2, 0.25) is 0 Å². The third-order valence-electron chi connectivity index (χ3n) is 3.84. The van der Waals surface area contributed by atoms with Crippen LogP contribution in [-0.2, 0) is 16.2 Å². The SMILES string of the molecule is CC(CNS(=O)(=O)c1ccc(-c2cc(C(F)(F)F)on2)s1)c1ccccc1. The summed E-state index contributed by atoms with van der Waals surface area (Å²) >= 11 is 0.824. The highest BCUT2D eigenvalue weighted by atomic mass is 32.2. The number of nitrogens with zero attached hydrogens (tertiary/aromatic N) is 1. The maximum atomic E-state index is 12.6. The van der Waals surface area contributed by atoms with Gasteiger partial charge in [0.25, 0.3) is 0 Å². The topological polar surface area (TPSA) is 72.2 Å². The fraction of sp³-hybridized carbons (Fsp3) is 0.235. The van der Waals surface area contributed by atoms with Crippen LogP contribution in [0, 0.1) is 0 Å². The molecule has 0 aliphatic rings. The van der Waals surface area contributed by atoms with E-state index in [-0.39, 0.29) is 27.2 Å². The molecule has 27 heavy (non-hydrogen) atoms. The van der Waals surface area contributed by atoms with Gasteiger partial charge in [0.05, 0.1) is 4.88 Å². The van der Waals surface area contributed by atoms with Gasteiger partial charge in [-0.2, -0.15) is 13.2 Å². The van der Waals surface area contributed by atoms with Gasteiger partial charge < -0.3 is 4.52 Å². The second kappa shape index (κ2) is 7.45. The number of sulfonamides is 1. The summed E-state index contributed by atoms with van der Waals surface area (Å²) in [6, 6.07) is 12.9. The number of nitrogens with one attached hydrogen (secondary N) is 1. The van der Waals surface area contributed by atoms with Gasteiger partial charge in [-0.25, -0.2) is 13.1 Å². The second-order valence-electron chi connectivity index (χ2n) is 5.86. The molecule has 144 valence electrons. The van der Waals surface area contributed by atoms with Crippen LogP contribution in [0.15, 0.2) is 57.3 Å². The highest BCUT2D eigenvalue weighted by molar-refractivity contribution is 7.91. The number of halogens is 3. The lowest BCUT2D eigenvalue weighted by Gasteiger charge is -2.12. The number of thiophene rings is 1. The van der Waals surface area contributed by atoms with Crippen LogP contribution in [0.3, 0.4) is 0 Å². The summed E-state index contributed by atoms with van der Waals surface area (Å²) in [7, 11) is -3.78. The summed E-state index contributed by atoms with van der Waals surface area (Å²) in [4.78, 5) is 0.269. The van der Waals surface area contributed by atoms with Crippen molar-refractivity contribution in [3.8, 4) is 10.6 Å². The molecule has 2 aromatic heterocycles. The van der Waals surface area contributed by atoms with Crippen molar-refractivity contribution < 1.29 is 26.1 Å². The van der Waals surface area contributed by atoms with E-state index in [1.165, 1.54) is 12.1 Å². The van der Waals surface area contributed by atoms with Crippen LogP contribution >= 0.6 is 11.3 Å². The normalized spacial score (nSPS) is 13.6. The molecule has 1 N–H and O–H groups in total. The van der Waals surface area contributed by atoms with Gasteiger partial charge in [0.2, 0.25) is 15.8 Å². The molecule has 0 bridgehead atoms. The van der Waals surface area contributed by atoms with E-state index < -0.39 is 22.0 Å². The van der Waals surface area contributed by atoms with E-state index in [4.69, 9.17) is 0 Å². The van der Waals surface area contributed by atoms with Crippen molar-refractivity contribution >= 4 is 21.4 Å². The lowest BCUT2D eigenvalue weighted by molar-refractivity contribution is -0.155. The second-order valence-corrected chi connectivity index (χ2v) is 8.93. The van der Waals surface area contributed by atoms with E-state index in [2.05, 4.69) is 14.4 Å². The summed E-state index contributed by atoms with van der Waals surface area (Å²) in [5, 5.41) is 3.36. The highest BCUT2D eigenvalue weighted by Crippen LogP contribution is 2.35. The van der Waals surface area contributed by atoms with Gasteiger partial charge in [0.15, 0.2) is 0 Å². The number of benzene rings is 1. The first kappa shape index (κ1) is 19.6. The Morgan fingerprint density at radius 1 is 1.19 bits per heavy atom. The van der Waals surface area contributed by atoms with Gasteiger partial charge in [0, 0.05) is 12.6 Å². The number of aromatic nitrogens is 1. The molecule has 0 spiro atoms. The molecule has 0 saturated carbocycles. The minimum atomic E-state index is -4.65. The summed E-state index contributed by atoms with van der Waals surface area (Å²) in [5.74, 6) is -1.27. The quantitative estimate of drug-likeness (QED) is 0.642. The maximum Gasteiger partial charge on any atom is 0.452 e. The number of rotatable bonds is 6. The summed E-state index contributed by atoms with van der Waals surface area (Å²) in [6.07, 6.45) is -4.65. The van der Waals surface area contributed by atoms with Crippen LogP contribution in [0.25, 0.3) is 10.6 Å². The Bertz CT molecular complexity index is 1010. The van der Waals surface area contributed by atoms with Crippen LogP contribution in [0.4, 0.5) is 13.2 Å². The molecule has 0 aliphatic heterocycles. The first-order valence-corrected chi connectivity index (χ1v) is 10.2. The van der Waals surface area contributed by atoms with Crippen molar-refractivity contribution in [1.82, 2.24) is 9.88 Å². The van der Waals surface area contributed by atoms with Crippen molar-refractivity contribution in [3.63, 3.8) is 0 Å². The first-order valence-electron chi connectivity index (χ1n) is 7.85. The fourth-order valence-electron chi connectivity index (χ4n) is 2.33. The first-order chi connectivity index (χ1) is 12.7. The van der Waals surface area contributed by atoms with Crippen LogP contribution in [0.1, 0.15) is 24.2 Å². The average molecular weight is 416 g/mol.